The number of hydrogen-bond donors (Lipinski definition) is 3. The van der Waals surface area contributed by atoms with E-state index >= 15 is 0 Å². The second kappa shape index (κ2) is 8.15. The van der Waals surface area contributed by atoms with Gasteiger partial charge in [-0.05, 0) is 29.8 Å². The van der Waals surface area contributed by atoms with E-state index in [4.69, 9.17) is 5.73 Å². The molecule has 1 amide bonds. The molecule has 1 aliphatic heterocycles. The van der Waals surface area contributed by atoms with Crippen molar-refractivity contribution in [2.24, 2.45) is 0 Å². The number of aromatic nitrogens is 2. The number of pyridine rings is 1. The van der Waals surface area contributed by atoms with Gasteiger partial charge in [0.2, 0.25) is 5.91 Å². The van der Waals surface area contributed by atoms with Gasteiger partial charge in [-0.3, -0.25) is 4.79 Å². The van der Waals surface area contributed by atoms with Crippen LogP contribution >= 0.6 is 11.3 Å². The number of carbonyl (C=O) groups is 1. The molecule has 0 saturated heterocycles. The van der Waals surface area contributed by atoms with E-state index in [0.29, 0.717) is 23.1 Å². The Morgan fingerprint density at radius 2 is 1.81 bits per heavy atom. The smallest absolute Gasteiger partial charge is 0.421 e. The summed E-state index contributed by atoms with van der Waals surface area (Å²) in [6.45, 7) is 0.409. The molecule has 8 nitrogen and oxygen atoms in total. The van der Waals surface area contributed by atoms with Crippen molar-refractivity contribution < 1.29 is 31.8 Å². The van der Waals surface area contributed by atoms with E-state index in [-0.39, 0.29) is 12.1 Å². The number of thiazole rings is 1. The molecule has 3 aromatic rings. The highest BCUT2D eigenvalue weighted by Gasteiger charge is 2.65. The van der Waals surface area contributed by atoms with Crippen LogP contribution < -0.4 is 25.8 Å². The summed E-state index contributed by atoms with van der Waals surface area (Å²) in [5.74, 6) is -0.771. The van der Waals surface area contributed by atoms with E-state index in [1.807, 2.05) is 0 Å². The van der Waals surface area contributed by atoms with E-state index in [1.54, 1.807) is 23.8 Å². The van der Waals surface area contributed by atoms with Crippen LogP contribution in [0.4, 0.5) is 34.9 Å². The van der Waals surface area contributed by atoms with Crippen molar-refractivity contribution in [3.05, 3.63) is 52.5 Å². The lowest BCUT2D eigenvalue weighted by atomic mass is 10.2. The highest BCUT2D eigenvalue weighted by atomic mass is 32.1. The molecule has 0 aliphatic carbocycles. The van der Waals surface area contributed by atoms with E-state index in [2.05, 4.69) is 30.1 Å². The number of rotatable bonds is 6. The second-order valence-electron chi connectivity index (χ2n) is 6.69. The summed E-state index contributed by atoms with van der Waals surface area (Å²) in [5, 5.41) is 5.61. The van der Waals surface area contributed by atoms with Gasteiger partial charge in [-0.2, -0.15) is 17.6 Å². The lowest BCUT2D eigenvalue weighted by molar-refractivity contribution is -0.391. The van der Waals surface area contributed by atoms with Crippen LogP contribution in [-0.2, 0) is 17.8 Å². The number of alkyl halides is 4. The zero-order valence-electron chi connectivity index (χ0n) is 16.1. The third-order valence-electron chi connectivity index (χ3n) is 4.31. The Morgan fingerprint density at radius 3 is 2.56 bits per heavy atom. The molecule has 0 unspecified atom stereocenters. The van der Waals surface area contributed by atoms with Crippen molar-refractivity contribution >= 4 is 34.6 Å². The molecule has 1 aliphatic rings. The normalized spacial score (nSPS) is 15.8. The summed E-state index contributed by atoms with van der Waals surface area (Å²) in [6.07, 6.45) is -8.13. The minimum absolute atomic E-state index is 0.0614. The molecule has 4 rings (SSSR count). The highest BCUT2D eigenvalue weighted by Crippen LogP contribution is 2.47. The van der Waals surface area contributed by atoms with Gasteiger partial charge >= 0.3 is 12.2 Å². The molecule has 13 heteroatoms. The standard InChI is InChI=1S/C19H15F4N5O3S/c20-18(21)19(22,23)31-13-6-11(1-2-12(13)30-18)28-16(29)7-14-17(27-9-32-14)26-8-10-3-4-25-15(24)5-10/h1-6,9,26H,7-8H2,(H2,24,25)(H,28,29). The van der Waals surface area contributed by atoms with Gasteiger partial charge in [-0.15, -0.1) is 11.3 Å². The van der Waals surface area contributed by atoms with Crippen LogP contribution in [0.5, 0.6) is 11.5 Å². The Bertz CT molecular complexity index is 1160. The minimum Gasteiger partial charge on any atom is -0.421 e. The Labute approximate surface area is 182 Å². The van der Waals surface area contributed by atoms with E-state index in [0.717, 1.165) is 17.7 Å². The SMILES string of the molecule is Nc1cc(CNc2ncsc2CC(=O)Nc2ccc3c(c2)OC(F)(F)C(F)(F)O3)ccn1. The fourth-order valence-corrected chi connectivity index (χ4v) is 3.56. The summed E-state index contributed by atoms with van der Waals surface area (Å²) in [5.41, 5.74) is 8.16. The molecule has 32 heavy (non-hydrogen) atoms. The van der Waals surface area contributed by atoms with Crippen LogP contribution in [0, 0.1) is 0 Å². The van der Waals surface area contributed by atoms with Gasteiger partial charge in [0.15, 0.2) is 11.5 Å². The number of carbonyl (C=O) groups excluding carboxylic acids is 1. The van der Waals surface area contributed by atoms with Crippen molar-refractivity contribution in [2.75, 3.05) is 16.4 Å². The van der Waals surface area contributed by atoms with Crippen molar-refractivity contribution in [3.8, 4) is 11.5 Å². The number of nitrogens with zero attached hydrogens (tertiary/aromatic N) is 2. The summed E-state index contributed by atoms with van der Waals surface area (Å²) in [6, 6.07) is 6.71. The van der Waals surface area contributed by atoms with Gasteiger partial charge < -0.3 is 25.8 Å². The van der Waals surface area contributed by atoms with Crippen molar-refractivity contribution in [2.45, 2.75) is 25.2 Å². The van der Waals surface area contributed by atoms with Crippen LogP contribution in [0.3, 0.4) is 0 Å². The molecule has 0 spiro atoms. The summed E-state index contributed by atoms with van der Waals surface area (Å²) < 4.78 is 61.3. The third kappa shape index (κ3) is 4.51. The Morgan fingerprint density at radius 1 is 1.06 bits per heavy atom. The highest BCUT2D eigenvalue weighted by molar-refractivity contribution is 7.10. The maximum atomic E-state index is 13.4. The van der Waals surface area contributed by atoms with Gasteiger partial charge in [0.25, 0.3) is 0 Å². The summed E-state index contributed by atoms with van der Waals surface area (Å²) in [7, 11) is 0. The molecule has 0 bridgehead atoms. The largest absolute Gasteiger partial charge is 0.507 e. The number of halogens is 4. The molecule has 4 N–H and O–H groups in total. The van der Waals surface area contributed by atoms with E-state index in [9.17, 15) is 22.4 Å². The first-order valence-corrected chi connectivity index (χ1v) is 9.95. The van der Waals surface area contributed by atoms with Crippen LogP contribution in [0.2, 0.25) is 0 Å². The number of amides is 1. The molecule has 3 heterocycles. The summed E-state index contributed by atoms with van der Waals surface area (Å²) >= 11 is 1.25. The molecule has 0 saturated carbocycles. The maximum absolute atomic E-state index is 13.4. The maximum Gasteiger partial charge on any atom is 0.507 e. The van der Waals surface area contributed by atoms with Crippen LogP contribution in [0.1, 0.15) is 10.4 Å². The molecule has 0 atom stereocenters. The van der Waals surface area contributed by atoms with Gasteiger partial charge in [0, 0.05) is 24.5 Å². The van der Waals surface area contributed by atoms with Gasteiger partial charge in [0.1, 0.15) is 11.6 Å². The number of anilines is 3. The van der Waals surface area contributed by atoms with Crippen molar-refractivity contribution in [3.63, 3.8) is 0 Å². The van der Waals surface area contributed by atoms with E-state index < -0.39 is 29.6 Å². The molecular weight excluding hydrogens is 454 g/mol. The van der Waals surface area contributed by atoms with Crippen LogP contribution in [-0.4, -0.2) is 28.1 Å². The molecule has 0 fully saturated rings. The lowest BCUT2D eigenvalue weighted by Crippen LogP contribution is -2.52. The number of benzene rings is 1. The average Bonchev–Trinajstić information content (AvgIpc) is 3.14. The number of fused-ring (bicyclic) bond motifs is 1. The Hall–Kier alpha value is -3.61. The predicted molar refractivity (Wildman–Crippen MR) is 108 cm³/mol. The first-order valence-electron chi connectivity index (χ1n) is 9.07. The molecule has 0 radical (unpaired) electrons. The predicted octanol–water partition coefficient (Wildman–Crippen LogP) is 3.87. The Balaban J connectivity index is 1.40. The summed E-state index contributed by atoms with van der Waals surface area (Å²) in [4.78, 5) is 21.2. The quantitative estimate of drug-likeness (QED) is 0.470. The van der Waals surface area contributed by atoms with Crippen molar-refractivity contribution in [1.29, 1.82) is 0 Å². The molecular formula is C19H15F4N5O3S. The fourth-order valence-electron chi connectivity index (χ4n) is 2.83. The molecule has 168 valence electrons. The van der Waals surface area contributed by atoms with Crippen LogP contribution in [0.15, 0.2) is 42.0 Å². The average molecular weight is 469 g/mol. The zero-order chi connectivity index (χ0) is 22.9. The Kier molecular flexibility index (Phi) is 5.50. The zero-order valence-corrected chi connectivity index (χ0v) is 16.9. The molecule has 2 aromatic heterocycles. The topological polar surface area (TPSA) is 111 Å². The number of nitrogens with two attached hydrogens (primary N) is 1. The van der Waals surface area contributed by atoms with Crippen LogP contribution in [0.25, 0.3) is 0 Å². The number of nitrogens with one attached hydrogen (secondary N) is 2. The number of nitrogen functional groups attached to an aromatic ring is 1. The monoisotopic (exact) mass is 469 g/mol. The third-order valence-corrected chi connectivity index (χ3v) is 5.14. The van der Waals surface area contributed by atoms with E-state index in [1.165, 1.54) is 17.4 Å². The van der Waals surface area contributed by atoms with Gasteiger partial charge in [-0.25, -0.2) is 9.97 Å². The number of hydrogen-bond acceptors (Lipinski definition) is 8. The first-order chi connectivity index (χ1) is 15.1. The fraction of sp³-hybridized carbons (Fsp3) is 0.211. The van der Waals surface area contributed by atoms with Gasteiger partial charge in [0.05, 0.1) is 16.8 Å². The first kappa shape index (κ1) is 21.6. The second-order valence-corrected chi connectivity index (χ2v) is 7.63. The van der Waals surface area contributed by atoms with Gasteiger partial charge in [-0.1, -0.05) is 0 Å². The minimum atomic E-state index is -4.84. The lowest BCUT2D eigenvalue weighted by Gasteiger charge is -2.31. The molecule has 1 aromatic carbocycles. The number of ether oxygens (including phenoxy) is 2. The van der Waals surface area contributed by atoms with Crippen molar-refractivity contribution in [1.82, 2.24) is 9.97 Å².